The van der Waals surface area contributed by atoms with Crippen LogP contribution in [0.1, 0.15) is 0 Å². The number of rotatable bonds is 1. The van der Waals surface area contributed by atoms with Crippen LogP contribution in [0.2, 0.25) is 0 Å². The molecule has 0 spiro atoms. The average Bonchev–Trinajstić information content (AvgIpc) is 2.62. The summed E-state index contributed by atoms with van der Waals surface area (Å²) in [5, 5.41) is 0. The minimum absolute atomic E-state index is 0.631. The summed E-state index contributed by atoms with van der Waals surface area (Å²) in [6, 6.07) is 1.82. The average molecular weight is 257 g/mol. The van der Waals surface area contributed by atoms with Crippen LogP contribution in [0.4, 0.5) is 0 Å². The van der Waals surface area contributed by atoms with E-state index in [0.29, 0.717) is 10.5 Å². The molecule has 3 nitrogen and oxygen atoms in total. The van der Waals surface area contributed by atoms with Gasteiger partial charge in [-0.3, -0.25) is 0 Å². The summed E-state index contributed by atoms with van der Waals surface area (Å²) in [6.45, 7) is 0. The van der Waals surface area contributed by atoms with Gasteiger partial charge in [0, 0.05) is 6.20 Å². The molecular weight excluding hydrogens is 252 g/mol. The largest absolute Gasteiger partial charge is 0.472 e. The summed E-state index contributed by atoms with van der Waals surface area (Å²) in [4.78, 5) is 7.13. The Labute approximate surface area is 87.9 Å². The first-order valence-corrected chi connectivity index (χ1v) is 4.75. The lowest BCUT2D eigenvalue weighted by atomic mass is 10.3. The molecule has 5 heteroatoms. The SMILES string of the molecule is S=c1[nH]c(-c2ccoc2)ncc1Br. The van der Waals surface area contributed by atoms with Gasteiger partial charge >= 0.3 is 0 Å². The minimum Gasteiger partial charge on any atom is -0.472 e. The molecule has 0 aromatic carbocycles. The van der Waals surface area contributed by atoms with E-state index in [1.54, 1.807) is 18.7 Å². The fraction of sp³-hybridized carbons (Fsp3) is 0. The predicted molar refractivity (Wildman–Crippen MR) is 54.8 cm³/mol. The van der Waals surface area contributed by atoms with Crippen LogP contribution in [0.5, 0.6) is 0 Å². The summed E-state index contributed by atoms with van der Waals surface area (Å²) in [5.74, 6) is 0.710. The number of nitrogens with one attached hydrogen (secondary N) is 1. The topological polar surface area (TPSA) is 41.8 Å². The lowest BCUT2D eigenvalue weighted by molar-refractivity contribution is 0.568. The van der Waals surface area contributed by atoms with Crippen LogP contribution in [-0.4, -0.2) is 9.97 Å². The molecule has 2 aromatic rings. The zero-order valence-electron chi connectivity index (χ0n) is 6.45. The van der Waals surface area contributed by atoms with Gasteiger partial charge in [0.2, 0.25) is 0 Å². The highest BCUT2D eigenvalue weighted by Crippen LogP contribution is 2.17. The molecule has 2 rings (SSSR count). The second kappa shape index (κ2) is 3.43. The highest BCUT2D eigenvalue weighted by Gasteiger charge is 2.01. The zero-order valence-corrected chi connectivity index (χ0v) is 8.85. The van der Waals surface area contributed by atoms with E-state index in [-0.39, 0.29) is 0 Å². The molecule has 1 N–H and O–H groups in total. The molecule has 0 saturated carbocycles. The summed E-state index contributed by atoms with van der Waals surface area (Å²) in [7, 11) is 0. The normalized spacial score (nSPS) is 10.2. The van der Waals surface area contributed by atoms with E-state index >= 15 is 0 Å². The highest BCUT2D eigenvalue weighted by atomic mass is 79.9. The molecule has 0 aliphatic carbocycles. The fourth-order valence-electron chi connectivity index (χ4n) is 0.925. The number of halogens is 1. The van der Waals surface area contributed by atoms with Crippen LogP contribution in [0.15, 0.2) is 33.7 Å². The molecule has 0 aliphatic heterocycles. The molecule has 0 atom stereocenters. The standard InChI is InChI=1S/C8H5BrN2OS/c9-6-3-10-7(11-8(6)13)5-1-2-12-4-5/h1-4H,(H,10,11,13). The molecule has 2 heterocycles. The van der Waals surface area contributed by atoms with Crippen molar-refractivity contribution < 1.29 is 4.42 Å². The summed E-state index contributed by atoms with van der Waals surface area (Å²) < 4.78 is 6.35. The highest BCUT2D eigenvalue weighted by molar-refractivity contribution is 9.10. The van der Waals surface area contributed by atoms with E-state index in [4.69, 9.17) is 16.6 Å². The molecule has 0 radical (unpaired) electrons. The maximum atomic E-state index is 5.04. The van der Waals surface area contributed by atoms with Crippen molar-refractivity contribution in [2.75, 3.05) is 0 Å². The van der Waals surface area contributed by atoms with Gasteiger partial charge in [-0.2, -0.15) is 0 Å². The number of furan rings is 1. The number of hydrogen-bond donors (Lipinski definition) is 1. The van der Waals surface area contributed by atoms with Crippen molar-refractivity contribution in [1.29, 1.82) is 0 Å². The van der Waals surface area contributed by atoms with Crippen molar-refractivity contribution in [1.82, 2.24) is 9.97 Å². The Kier molecular flexibility index (Phi) is 2.28. The number of aromatic amines is 1. The molecule has 66 valence electrons. The van der Waals surface area contributed by atoms with Gasteiger partial charge in [-0.15, -0.1) is 0 Å². The third-order valence-electron chi connectivity index (χ3n) is 1.55. The summed E-state index contributed by atoms with van der Waals surface area (Å²) in [5.41, 5.74) is 0.888. The molecule has 0 fully saturated rings. The van der Waals surface area contributed by atoms with E-state index in [1.165, 1.54) is 0 Å². The molecule has 0 amide bonds. The summed E-state index contributed by atoms with van der Waals surface area (Å²) in [6.07, 6.45) is 4.87. The summed E-state index contributed by atoms with van der Waals surface area (Å²) >= 11 is 8.31. The number of H-pyrrole nitrogens is 1. The smallest absolute Gasteiger partial charge is 0.141 e. The molecular formula is C8H5BrN2OS. The van der Waals surface area contributed by atoms with Crippen molar-refractivity contribution in [3.05, 3.63) is 33.9 Å². The van der Waals surface area contributed by atoms with Crippen molar-refractivity contribution >= 4 is 28.1 Å². The maximum Gasteiger partial charge on any atom is 0.141 e. The Bertz CT molecular complexity index is 463. The second-order valence-corrected chi connectivity index (χ2v) is 3.68. The number of hydrogen-bond acceptors (Lipinski definition) is 3. The minimum atomic E-state index is 0.631. The monoisotopic (exact) mass is 256 g/mol. The van der Waals surface area contributed by atoms with E-state index in [1.807, 2.05) is 6.07 Å². The lowest BCUT2D eigenvalue weighted by Gasteiger charge is -1.96. The Hall–Kier alpha value is -0.940. The maximum absolute atomic E-state index is 5.04. The van der Waals surface area contributed by atoms with Gasteiger partial charge in [-0.1, -0.05) is 12.2 Å². The first-order chi connectivity index (χ1) is 6.27. The van der Waals surface area contributed by atoms with Crippen LogP contribution in [0.25, 0.3) is 11.4 Å². The Morgan fingerprint density at radius 3 is 3.00 bits per heavy atom. The van der Waals surface area contributed by atoms with Crippen molar-refractivity contribution in [2.45, 2.75) is 0 Å². The molecule has 0 saturated heterocycles. The van der Waals surface area contributed by atoms with Gasteiger partial charge in [-0.25, -0.2) is 4.98 Å². The van der Waals surface area contributed by atoms with Gasteiger partial charge in [0.05, 0.1) is 16.3 Å². The van der Waals surface area contributed by atoms with E-state index in [9.17, 15) is 0 Å². The predicted octanol–water partition coefficient (Wildman–Crippen LogP) is 3.16. The Balaban J connectivity index is 2.55. The molecule has 2 aromatic heterocycles. The van der Waals surface area contributed by atoms with E-state index in [0.717, 1.165) is 10.0 Å². The Morgan fingerprint density at radius 2 is 2.38 bits per heavy atom. The van der Waals surface area contributed by atoms with Gasteiger partial charge in [0.25, 0.3) is 0 Å². The van der Waals surface area contributed by atoms with Crippen LogP contribution >= 0.6 is 28.1 Å². The van der Waals surface area contributed by atoms with Crippen LogP contribution in [0, 0.1) is 4.64 Å². The third kappa shape index (κ3) is 1.71. The lowest BCUT2D eigenvalue weighted by Crippen LogP contribution is -1.87. The molecule has 0 aliphatic rings. The quantitative estimate of drug-likeness (QED) is 0.798. The van der Waals surface area contributed by atoms with Crippen molar-refractivity contribution in [2.24, 2.45) is 0 Å². The van der Waals surface area contributed by atoms with Gasteiger partial charge in [0.15, 0.2) is 0 Å². The Morgan fingerprint density at radius 1 is 1.54 bits per heavy atom. The first-order valence-electron chi connectivity index (χ1n) is 3.55. The van der Waals surface area contributed by atoms with E-state index in [2.05, 4.69) is 25.9 Å². The zero-order chi connectivity index (χ0) is 9.26. The van der Waals surface area contributed by atoms with Crippen LogP contribution in [0.3, 0.4) is 0 Å². The third-order valence-corrected chi connectivity index (χ3v) is 2.74. The number of aromatic nitrogens is 2. The fourth-order valence-corrected chi connectivity index (χ4v) is 1.28. The molecule has 0 unspecified atom stereocenters. The molecule has 13 heavy (non-hydrogen) atoms. The first kappa shape index (κ1) is 8.65. The number of nitrogens with zero attached hydrogens (tertiary/aromatic N) is 1. The van der Waals surface area contributed by atoms with Crippen LogP contribution < -0.4 is 0 Å². The van der Waals surface area contributed by atoms with E-state index < -0.39 is 0 Å². The van der Waals surface area contributed by atoms with Crippen molar-refractivity contribution in [3.8, 4) is 11.4 Å². The van der Waals surface area contributed by atoms with Gasteiger partial charge < -0.3 is 9.40 Å². The van der Waals surface area contributed by atoms with Crippen molar-refractivity contribution in [3.63, 3.8) is 0 Å². The van der Waals surface area contributed by atoms with Gasteiger partial charge in [0.1, 0.15) is 16.7 Å². The van der Waals surface area contributed by atoms with Crippen LogP contribution in [-0.2, 0) is 0 Å². The molecule has 0 bridgehead atoms. The second-order valence-electron chi connectivity index (χ2n) is 2.42. The van der Waals surface area contributed by atoms with Gasteiger partial charge in [-0.05, 0) is 22.0 Å².